The maximum Gasteiger partial charge on any atom is 0.279 e. The summed E-state index contributed by atoms with van der Waals surface area (Å²) < 4.78 is 0. The monoisotopic (exact) mass is 256 g/mol. The second-order valence-corrected chi connectivity index (χ2v) is 5.34. The van der Waals surface area contributed by atoms with E-state index in [2.05, 4.69) is 35.2 Å². The van der Waals surface area contributed by atoms with Crippen molar-refractivity contribution in [2.24, 2.45) is 4.99 Å². The minimum atomic E-state index is -0.335. The van der Waals surface area contributed by atoms with Crippen LogP contribution in [0.4, 0.5) is 0 Å². The topological polar surface area (TPSA) is 65.5 Å². The standard InChI is InChI=1S/C10H12N2O2S2/c1-3(15)7-5-6(10(14)11-7)8(4(2)16)12-9(5)13/h3-4,11,14-16H,1-2H3. The van der Waals surface area contributed by atoms with E-state index < -0.39 is 0 Å². The first-order valence-corrected chi connectivity index (χ1v) is 5.91. The molecule has 0 saturated carbocycles. The number of thiol groups is 2. The zero-order valence-corrected chi connectivity index (χ0v) is 10.6. The third-order valence-corrected chi connectivity index (χ3v) is 3.02. The highest BCUT2D eigenvalue weighted by atomic mass is 32.1. The lowest BCUT2D eigenvalue weighted by molar-refractivity contribution is 0.101. The van der Waals surface area contributed by atoms with Gasteiger partial charge in [0.1, 0.15) is 0 Å². The number of nitrogens with one attached hydrogen (secondary N) is 1. The van der Waals surface area contributed by atoms with Crippen molar-refractivity contribution >= 4 is 36.9 Å². The van der Waals surface area contributed by atoms with Crippen molar-refractivity contribution < 1.29 is 9.90 Å². The van der Waals surface area contributed by atoms with Gasteiger partial charge < -0.3 is 10.1 Å². The summed E-state index contributed by atoms with van der Waals surface area (Å²) in [7, 11) is 0. The molecule has 2 unspecified atom stereocenters. The normalized spacial score (nSPS) is 18.2. The molecule has 86 valence electrons. The number of carbonyl (C=O) groups is 1. The predicted molar refractivity (Wildman–Crippen MR) is 69.2 cm³/mol. The zero-order chi connectivity index (χ0) is 12.0. The van der Waals surface area contributed by atoms with Gasteiger partial charge in [0.15, 0.2) is 5.88 Å². The van der Waals surface area contributed by atoms with Crippen LogP contribution >= 0.6 is 25.3 Å². The highest BCUT2D eigenvalue weighted by Gasteiger charge is 2.34. The summed E-state index contributed by atoms with van der Waals surface area (Å²) in [5.41, 5.74) is 2.02. The maximum atomic E-state index is 11.7. The van der Waals surface area contributed by atoms with Gasteiger partial charge >= 0.3 is 0 Å². The fraction of sp³-hybridized carbons (Fsp3) is 0.400. The van der Waals surface area contributed by atoms with E-state index in [4.69, 9.17) is 0 Å². The van der Waals surface area contributed by atoms with Gasteiger partial charge in [-0.25, -0.2) is 4.99 Å². The summed E-state index contributed by atoms with van der Waals surface area (Å²) >= 11 is 8.50. The van der Waals surface area contributed by atoms with Crippen LogP contribution in [0.25, 0.3) is 0 Å². The smallest absolute Gasteiger partial charge is 0.279 e. The lowest BCUT2D eigenvalue weighted by Crippen LogP contribution is -2.09. The molecular weight excluding hydrogens is 244 g/mol. The highest BCUT2D eigenvalue weighted by Crippen LogP contribution is 2.36. The molecule has 1 aliphatic rings. The summed E-state index contributed by atoms with van der Waals surface area (Å²) in [6.07, 6.45) is 0. The first-order chi connectivity index (χ1) is 7.43. The second kappa shape index (κ2) is 3.85. The molecular formula is C10H12N2O2S2. The summed E-state index contributed by atoms with van der Waals surface area (Å²) in [6.45, 7) is 3.63. The van der Waals surface area contributed by atoms with Crippen LogP contribution in [0.1, 0.15) is 40.7 Å². The third kappa shape index (κ3) is 1.56. The van der Waals surface area contributed by atoms with E-state index in [-0.39, 0.29) is 22.3 Å². The van der Waals surface area contributed by atoms with Crippen LogP contribution < -0.4 is 0 Å². The Morgan fingerprint density at radius 2 is 1.88 bits per heavy atom. The third-order valence-electron chi connectivity index (χ3n) is 2.51. The Kier molecular flexibility index (Phi) is 2.79. The molecule has 2 heterocycles. The first kappa shape index (κ1) is 11.6. The van der Waals surface area contributed by atoms with Crippen LogP contribution in [0.5, 0.6) is 5.88 Å². The Balaban J connectivity index is 2.64. The number of aromatic amines is 1. The summed E-state index contributed by atoms with van der Waals surface area (Å²) in [5, 5.41) is 9.42. The zero-order valence-electron chi connectivity index (χ0n) is 8.85. The summed E-state index contributed by atoms with van der Waals surface area (Å²) in [6, 6.07) is 0. The number of hydrogen-bond donors (Lipinski definition) is 4. The van der Waals surface area contributed by atoms with E-state index in [1.54, 1.807) is 6.92 Å². The fourth-order valence-corrected chi connectivity index (χ4v) is 2.19. The van der Waals surface area contributed by atoms with E-state index in [0.717, 1.165) is 0 Å². The molecule has 2 N–H and O–H groups in total. The van der Waals surface area contributed by atoms with Crippen LogP contribution in [-0.4, -0.2) is 27.0 Å². The van der Waals surface area contributed by atoms with E-state index in [0.29, 0.717) is 22.5 Å². The van der Waals surface area contributed by atoms with Gasteiger partial charge in [0.05, 0.1) is 16.8 Å². The quantitative estimate of drug-likeness (QED) is 0.611. The first-order valence-electron chi connectivity index (χ1n) is 4.87. The van der Waals surface area contributed by atoms with Gasteiger partial charge in [-0.3, -0.25) is 4.79 Å². The van der Waals surface area contributed by atoms with E-state index in [9.17, 15) is 9.90 Å². The van der Waals surface area contributed by atoms with Gasteiger partial charge in [-0.2, -0.15) is 25.3 Å². The fourth-order valence-electron chi connectivity index (χ4n) is 1.81. The Hall–Kier alpha value is -0.880. The number of fused-ring (bicyclic) bond motifs is 1. The average Bonchev–Trinajstić information content (AvgIpc) is 2.67. The van der Waals surface area contributed by atoms with Gasteiger partial charge in [-0.05, 0) is 13.8 Å². The molecule has 16 heavy (non-hydrogen) atoms. The predicted octanol–water partition coefficient (Wildman–Crippen LogP) is 1.97. The SMILES string of the molecule is CC(S)C1=NC(=O)c2c(C(C)S)[nH]c(O)c21. The molecule has 0 saturated heterocycles. The molecule has 0 aromatic carbocycles. The number of aliphatic imine (C=N–C) groups is 1. The van der Waals surface area contributed by atoms with Crippen molar-refractivity contribution in [2.75, 3.05) is 0 Å². The maximum absolute atomic E-state index is 11.7. The van der Waals surface area contributed by atoms with Crippen LogP contribution in [0.2, 0.25) is 0 Å². The van der Waals surface area contributed by atoms with Crippen molar-refractivity contribution in [2.45, 2.75) is 24.3 Å². The van der Waals surface area contributed by atoms with E-state index in [1.165, 1.54) is 0 Å². The molecule has 2 atom stereocenters. The van der Waals surface area contributed by atoms with Crippen molar-refractivity contribution in [1.29, 1.82) is 0 Å². The number of amides is 1. The van der Waals surface area contributed by atoms with Crippen LogP contribution in [0.3, 0.4) is 0 Å². The van der Waals surface area contributed by atoms with Crippen LogP contribution in [-0.2, 0) is 0 Å². The highest BCUT2D eigenvalue weighted by molar-refractivity contribution is 7.81. The number of aromatic nitrogens is 1. The van der Waals surface area contributed by atoms with Crippen molar-refractivity contribution in [1.82, 2.24) is 4.98 Å². The molecule has 1 amide bonds. The Labute approximate surface area is 104 Å². The molecule has 0 radical (unpaired) electrons. The molecule has 0 aliphatic carbocycles. The Morgan fingerprint density at radius 3 is 2.38 bits per heavy atom. The molecule has 4 nitrogen and oxygen atoms in total. The van der Waals surface area contributed by atoms with Crippen molar-refractivity contribution in [3.05, 3.63) is 16.8 Å². The second-order valence-electron chi connectivity index (χ2n) is 3.79. The van der Waals surface area contributed by atoms with Gasteiger partial charge in [-0.15, -0.1) is 0 Å². The molecule has 0 spiro atoms. The Morgan fingerprint density at radius 1 is 1.25 bits per heavy atom. The molecule has 0 bridgehead atoms. The lowest BCUT2D eigenvalue weighted by Gasteiger charge is -2.02. The number of aromatic hydroxyl groups is 1. The number of nitrogens with zero attached hydrogens (tertiary/aromatic N) is 1. The van der Waals surface area contributed by atoms with Gasteiger partial charge in [0.2, 0.25) is 0 Å². The van der Waals surface area contributed by atoms with Gasteiger partial charge in [-0.1, -0.05) is 0 Å². The van der Waals surface area contributed by atoms with Gasteiger partial charge in [0.25, 0.3) is 5.91 Å². The molecule has 1 aromatic rings. The number of hydrogen-bond acceptors (Lipinski definition) is 4. The largest absolute Gasteiger partial charge is 0.494 e. The molecule has 1 aromatic heterocycles. The van der Waals surface area contributed by atoms with Crippen LogP contribution in [0.15, 0.2) is 4.99 Å². The number of carbonyl (C=O) groups excluding carboxylic acids is 1. The minimum absolute atomic E-state index is 0.0311. The number of rotatable bonds is 2. The van der Waals surface area contributed by atoms with E-state index >= 15 is 0 Å². The molecule has 6 heteroatoms. The average molecular weight is 256 g/mol. The molecule has 0 fully saturated rings. The molecule has 2 rings (SSSR count). The Bertz CT molecular complexity index is 489. The molecule has 1 aliphatic heterocycles. The van der Waals surface area contributed by atoms with Crippen molar-refractivity contribution in [3.8, 4) is 5.88 Å². The minimum Gasteiger partial charge on any atom is -0.494 e. The van der Waals surface area contributed by atoms with Crippen LogP contribution in [0, 0.1) is 0 Å². The summed E-state index contributed by atoms with van der Waals surface area (Å²) in [4.78, 5) is 18.4. The van der Waals surface area contributed by atoms with Crippen molar-refractivity contribution in [3.63, 3.8) is 0 Å². The number of H-pyrrole nitrogens is 1. The van der Waals surface area contributed by atoms with E-state index in [1.807, 2.05) is 6.92 Å². The summed E-state index contributed by atoms with van der Waals surface area (Å²) in [5.74, 6) is -0.366. The van der Waals surface area contributed by atoms with Gasteiger partial charge in [0, 0.05) is 16.2 Å². The lowest BCUT2D eigenvalue weighted by atomic mass is 10.1.